The van der Waals surface area contributed by atoms with Gasteiger partial charge in [0.05, 0.1) is 6.61 Å². The van der Waals surface area contributed by atoms with E-state index in [4.69, 9.17) is 4.74 Å². The molecule has 2 rings (SSSR count). The minimum absolute atomic E-state index is 0.0142. The van der Waals surface area contributed by atoms with E-state index in [2.05, 4.69) is 0 Å². The van der Waals surface area contributed by atoms with Crippen LogP contribution in [0.2, 0.25) is 0 Å². The molecule has 16 heavy (non-hydrogen) atoms. The summed E-state index contributed by atoms with van der Waals surface area (Å²) in [5.41, 5.74) is 1.22. The molecule has 0 atom stereocenters. The lowest BCUT2D eigenvalue weighted by atomic mass is 10.1. The summed E-state index contributed by atoms with van der Waals surface area (Å²) in [7, 11) is 0. The number of fused-ring (bicyclic) bond motifs is 1. The van der Waals surface area contributed by atoms with Gasteiger partial charge in [-0.3, -0.25) is 0 Å². The van der Waals surface area contributed by atoms with Crippen molar-refractivity contribution in [3.63, 3.8) is 0 Å². The molecule has 0 radical (unpaired) electrons. The van der Waals surface area contributed by atoms with E-state index < -0.39 is 5.97 Å². The number of hydrogen-bond acceptors (Lipinski definition) is 4. The van der Waals surface area contributed by atoms with E-state index in [1.54, 1.807) is 24.3 Å². The fourth-order valence-electron chi connectivity index (χ4n) is 1.66. The van der Waals surface area contributed by atoms with Gasteiger partial charge in [-0.1, -0.05) is 0 Å². The van der Waals surface area contributed by atoms with Gasteiger partial charge in [0.15, 0.2) is 0 Å². The van der Waals surface area contributed by atoms with Crippen LogP contribution in [-0.2, 0) is 4.74 Å². The molecule has 1 aromatic heterocycles. The maximum absolute atomic E-state index is 11.6. The van der Waals surface area contributed by atoms with Crippen molar-refractivity contribution in [1.29, 1.82) is 0 Å². The Kier molecular flexibility index (Phi) is 2.83. The Morgan fingerprint density at radius 3 is 3.00 bits per heavy atom. The largest absolute Gasteiger partial charge is 0.506 e. The summed E-state index contributed by atoms with van der Waals surface area (Å²) in [5.74, 6) is -0.462. The molecule has 3 nitrogen and oxygen atoms in total. The Labute approximate surface area is 97.3 Å². The van der Waals surface area contributed by atoms with Gasteiger partial charge in [-0.2, -0.15) is 0 Å². The third-order valence-electron chi connectivity index (χ3n) is 2.39. The second kappa shape index (κ2) is 4.14. The number of ether oxygens (including phenoxy) is 1. The quantitative estimate of drug-likeness (QED) is 0.815. The predicted molar refractivity (Wildman–Crippen MR) is 64.2 cm³/mol. The minimum atomic E-state index is -0.476. The molecule has 0 aliphatic heterocycles. The fraction of sp³-hybridized carbons (Fsp3) is 0.250. The van der Waals surface area contributed by atoms with Crippen molar-refractivity contribution in [2.75, 3.05) is 6.61 Å². The van der Waals surface area contributed by atoms with Gasteiger partial charge in [0, 0.05) is 10.1 Å². The highest BCUT2D eigenvalue weighted by Crippen LogP contribution is 2.35. The molecule has 0 amide bonds. The number of phenols is 1. The van der Waals surface area contributed by atoms with Crippen LogP contribution in [0.15, 0.2) is 17.5 Å². The Balaban J connectivity index is 2.62. The minimum Gasteiger partial charge on any atom is -0.506 e. The number of hydrogen-bond donors (Lipinski definition) is 1. The Morgan fingerprint density at radius 1 is 1.56 bits per heavy atom. The first-order chi connectivity index (χ1) is 7.65. The number of aromatic hydroxyl groups is 1. The second-order valence-electron chi connectivity index (χ2n) is 3.47. The summed E-state index contributed by atoms with van der Waals surface area (Å²) in [6, 6.07) is 3.48. The van der Waals surface area contributed by atoms with Crippen LogP contribution in [0.1, 0.15) is 22.8 Å². The van der Waals surface area contributed by atoms with Gasteiger partial charge >= 0.3 is 5.97 Å². The zero-order valence-electron chi connectivity index (χ0n) is 9.11. The van der Waals surface area contributed by atoms with Crippen molar-refractivity contribution in [3.8, 4) is 5.75 Å². The van der Waals surface area contributed by atoms with Gasteiger partial charge < -0.3 is 9.84 Å². The van der Waals surface area contributed by atoms with Gasteiger partial charge in [0.2, 0.25) is 0 Å². The molecule has 2 aromatic rings. The molecule has 0 bridgehead atoms. The molecule has 0 unspecified atom stereocenters. The topological polar surface area (TPSA) is 46.5 Å². The van der Waals surface area contributed by atoms with Gasteiger partial charge in [-0.15, -0.1) is 11.3 Å². The zero-order chi connectivity index (χ0) is 11.7. The van der Waals surface area contributed by atoms with E-state index in [0.717, 1.165) is 10.3 Å². The van der Waals surface area contributed by atoms with Crippen LogP contribution >= 0.6 is 11.3 Å². The zero-order valence-corrected chi connectivity index (χ0v) is 9.93. The number of esters is 1. The average molecular weight is 236 g/mol. The van der Waals surface area contributed by atoms with Gasteiger partial charge in [0.25, 0.3) is 0 Å². The maximum atomic E-state index is 11.6. The molecule has 0 saturated carbocycles. The molecule has 84 valence electrons. The molecule has 0 spiro atoms. The molecule has 4 heteroatoms. The van der Waals surface area contributed by atoms with E-state index >= 15 is 0 Å². The van der Waals surface area contributed by atoms with Crippen molar-refractivity contribution >= 4 is 27.4 Å². The highest BCUT2D eigenvalue weighted by Gasteiger charge is 2.17. The van der Waals surface area contributed by atoms with Crippen LogP contribution in [0.3, 0.4) is 0 Å². The fourth-order valence-corrected chi connectivity index (χ4v) is 2.54. The SMILES string of the molecule is CCOC(=O)c1cc(C)c2sccc2c1O. The molecule has 1 aromatic carbocycles. The summed E-state index contributed by atoms with van der Waals surface area (Å²) in [4.78, 5) is 11.6. The highest BCUT2D eigenvalue weighted by molar-refractivity contribution is 7.17. The summed E-state index contributed by atoms with van der Waals surface area (Å²) in [5, 5.41) is 12.6. The van der Waals surface area contributed by atoms with Gasteiger partial charge in [0.1, 0.15) is 11.3 Å². The van der Waals surface area contributed by atoms with E-state index in [1.165, 1.54) is 0 Å². The molecular weight excluding hydrogens is 224 g/mol. The van der Waals surface area contributed by atoms with Crippen LogP contribution in [-0.4, -0.2) is 17.7 Å². The van der Waals surface area contributed by atoms with Gasteiger partial charge in [-0.25, -0.2) is 4.79 Å². The van der Waals surface area contributed by atoms with E-state index in [1.807, 2.05) is 18.4 Å². The Morgan fingerprint density at radius 2 is 2.31 bits per heavy atom. The first-order valence-electron chi connectivity index (χ1n) is 5.02. The summed E-state index contributed by atoms with van der Waals surface area (Å²) in [6.45, 7) is 3.96. The van der Waals surface area contributed by atoms with E-state index in [-0.39, 0.29) is 11.3 Å². The number of aryl methyl sites for hydroxylation is 1. The molecule has 1 N–H and O–H groups in total. The summed E-state index contributed by atoms with van der Waals surface area (Å²) in [6.07, 6.45) is 0. The number of thiophene rings is 1. The molecule has 0 aliphatic rings. The third-order valence-corrected chi connectivity index (χ3v) is 3.44. The molecule has 0 fully saturated rings. The van der Waals surface area contributed by atoms with Crippen LogP contribution in [0, 0.1) is 6.92 Å². The van der Waals surface area contributed by atoms with Crippen LogP contribution < -0.4 is 0 Å². The van der Waals surface area contributed by atoms with Crippen molar-refractivity contribution in [2.24, 2.45) is 0 Å². The normalized spacial score (nSPS) is 10.6. The van der Waals surface area contributed by atoms with Crippen molar-refractivity contribution in [1.82, 2.24) is 0 Å². The smallest absolute Gasteiger partial charge is 0.341 e. The molecule has 0 saturated heterocycles. The lowest BCUT2D eigenvalue weighted by Crippen LogP contribution is -2.05. The summed E-state index contributed by atoms with van der Waals surface area (Å²) >= 11 is 1.55. The maximum Gasteiger partial charge on any atom is 0.341 e. The number of benzene rings is 1. The lowest BCUT2D eigenvalue weighted by molar-refractivity contribution is 0.0523. The monoisotopic (exact) mass is 236 g/mol. The number of phenolic OH excluding ortho intramolecular Hbond substituents is 1. The number of carbonyl (C=O) groups excluding carboxylic acids is 1. The van der Waals surface area contributed by atoms with Crippen molar-refractivity contribution < 1.29 is 14.6 Å². The Bertz CT molecular complexity index is 542. The summed E-state index contributed by atoms with van der Waals surface area (Å²) < 4.78 is 5.90. The average Bonchev–Trinajstić information content (AvgIpc) is 2.73. The molecule has 0 aliphatic carbocycles. The standard InChI is InChI=1S/C12H12O3S/c1-3-15-12(14)9-6-7(2)11-8(10(9)13)4-5-16-11/h4-6,13H,3H2,1-2H3. The van der Waals surface area contributed by atoms with Crippen molar-refractivity contribution in [3.05, 3.63) is 28.6 Å². The van der Waals surface area contributed by atoms with Crippen LogP contribution in [0.25, 0.3) is 10.1 Å². The van der Waals surface area contributed by atoms with Gasteiger partial charge in [-0.05, 0) is 36.9 Å². The molecular formula is C12H12O3S. The predicted octanol–water partition coefficient (Wildman–Crippen LogP) is 3.09. The third kappa shape index (κ3) is 1.65. The van der Waals surface area contributed by atoms with E-state index in [0.29, 0.717) is 12.0 Å². The molecule has 1 heterocycles. The number of carbonyl (C=O) groups is 1. The first-order valence-corrected chi connectivity index (χ1v) is 5.90. The number of rotatable bonds is 2. The van der Waals surface area contributed by atoms with Crippen LogP contribution in [0.4, 0.5) is 0 Å². The first kappa shape index (κ1) is 11.0. The second-order valence-corrected chi connectivity index (χ2v) is 4.39. The van der Waals surface area contributed by atoms with E-state index in [9.17, 15) is 9.90 Å². The van der Waals surface area contributed by atoms with Crippen molar-refractivity contribution in [2.45, 2.75) is 13.8 Å². The Hall–Kier alpha value is -1.55. The lowest BCUT2D eigenvalue weighted by Gasteiger charge is -2.07. The highest BCUT2D eigenvalue weighted by atomic mass is 32.1. The van der Waals surface area contributed by atoms with Crippen LogP contribution in [0.5, 0.6) is 5.75 Å².